The van der Waals surface area contributed by atoms with Gasteiger partial charge in [-0.05, 0) is 24.8 Å². The molecule has 1 aliphatic carbocycles. The van der Waals surface area contributed by atoms with Gasteiger partial charge in [0.2, 0.25) is 0 Å². The van der Waals surface area contributed by atoms with Crippen LogP contribution in [0.2, 0.25) is 0 Å². The fourth-order valence-electron chi connectivity index (χ4n) is 3.10. The van der Waals surface area contributed by atoms with Crippen molar-refractivity contribution >= 4 is 22.5 Å². The molecular weight excluding hydrogens is 244 g/mol. The third-order valence-corrected chi connectivity index (χ3v) is 4.67. The number of nitrogens with zero attached hydrogens (tertiary/aromatic N) is 2. The molecule has 1 heterocycles. The van der Waals surface area contributed by atoms with Crippen LogP contribution in [0, 0.1) is 5.92 Å². The Hall–Kier alpha value is -1.02. The Balaban J connectivity index is 1.98. The summed E-state index contributed by atoms with van der Waals surface area (Å²) in [5.41, 5.74) is 2.25. The molecule has 0 N–H and O–H groups in total. The maximum Gasteiger partial charge on any atom is 0.0884 e. The number of alkyl halides is 1. The SMILES string of the molecule is Cn1nc(C(Cl)C2CCCCC2)c2ccccc21. The minimum atomic E-state index is 0.0661. The fourth-order valence-corrected chi connectivity index (χ4v) is 3.51. The molecule has 2 nitrogen and oxygen atoms in total. The lowest BCUT2D eigenvalue weighted by Crippen LogP contribution is -2.13. The Morgan fingerprint density at radius 2 is 1.94 bits per heavy atom. The summed E-state index contributed by atoms with van der Waals surface area (Å²) < 4.78 is 1.95. The second-order valence-electron chi connectivity index (χ2n) is 5.33. The molecule has 1 unspecified atom stereocenters. The standard InChI is InChI=1S/C15H19ClN2/c1-18-13-10-6-5-9-12(13)15(17-18)14(16)11-7-3-2-4-8-11/h5-6,9-11,14H,2-4,7-8H2,1H3. The largest absolute Gasteiger partial charge is 0.268 e. The van der Waals surface area contributed by atoms with Crippen LogP contribution in [-0.4, -0.2) is 9.78 Å². The second-order valence-corrected chi connectivity index (χ2v) is 5.80. The zero-order valence-electron chi connectivity index (χ0n) is 10.8. The highest BCUT2D eigenvalue weighted by Gasteiger charge is 2.26. The van der Waals surface area contributed by atoms with E-state index in [2.05, 4.69) is 29.4 Å². The summed E-state index contributed by atoms with van der Waals surface area (Å²) in [5.74, 6) is 0.596. The second kappa shape index (κ2) is 4.93. The lowest BCUT2D eigenvalue weighted by molar-refractivity contribution is 0.346. The zero-order valence-corrected chi connectivity index (χ0v) is 11.5. The first kappa shape index (κ1) is 12.0. The molecule has 1 fully saturated rings. The topological polar surface area (TPSA) is 17.8 Å². The summed E-state index contributed by atoms with van der Waals surface area (Å²) >= 11 is 6.70. The first-order valence-corrected chi connectivity index (χ1v) is 7.26. The van der Waals surface area contributed by atoms with E-state index in [1.165, 1.54) is 43.0 Å². The molecule has 96 valence electrons. The van der Waals surface area contributed by atoms with Gasteiger partial charge >= 0.3 is 0 Å². The van der Waals surface area contributed by atoms with Crippen molar-refractivity contribution in [3.8, 4) is 0 Å². The molecule has 0 spiro atoms. The number of hydrogen-bond donors (Lipinski definition) is 0. The third kappa shape index (κ3) is 2.03. The van der Waals surface area contributed by atoms with E-state index in [4.69, 9.17) is 11.6 Å². The number of para-hydroxylation sites is 1. The molecule has 1 atom stereocenters. The van der Waals surface area contributed by atoms with Gasteiger partial charge in [-0.1, -0.05) is 37.5 Å². The summed E-state index contributed by atoms with van der Waals surface area (Å²) in [6.45, 7) is 0. The molecule has 1 saturated carbocycles. The summed E-state index contributed by atoms with van der Waals surface area (Å²) in [6, 6.07) is 8.36. The quantitative estimate of drug-likeness (QED) is 0.732. The van der Waals surface area contributed by atoms with E-state index in [-0.39, 0.29) is 5.38 Å². The predicted octanol–water partition coefficient (Wildman–Crippen LogP) is 4.43. The lowest BCUT2D eigenvalue weighted by Gasteiger charge is -2.25. The number of fused-ring (bicyclic) bond motifs is 1. The van der Waals surface area contributed by atoms with Crippen molar-refractivity contribution in [3.63, 3.8) is 0 Å². The Bertz CT molecular complexity index is 540. The van der Waals surface area contributed by atoms with E-state index >= 15 is 0 Å². The van der Waals surface area contributed by atoms with Gasteiger partial charge in [0.15, 0.2) is 0 Å². The van der Waals surface area contributed by atoms with Crippen molar-refractivity contribution in [1.29, 1.82) is 0 Å². The Morgan fingerprint density at radius 1 is 1.22 bits per heavy atom. The minimum Gasteiger partial charge on any atom is -0.268 e. The summed E-state index contributed by atoms with van der Waals surface area (Å²) in [7, 11) is 2.00. The van der Waals surface area contributed by atoms with Crippen LogP contribution in [0.25, 0.3) is 10.9 Å². The molecule has 3 rings (SSSR count). The van der Waals surface area contributed by atoms with Crippen molar-refractivity contribution in [2.24, 2.45) is 13.0 Å². The van der Waals surface area contributed by atoms with E-state index in [1.54, 1.807) is 0 Å². The van der Waals surface area contributed by atoms with Gasteiger partial charge in [-0.25, -0.2) is 0 Å². The number of aromatic nitrogens is 2. The first-order chi connectivity index (χ1) is 8.77. The highest BCUT2D eigenvalue weighted by molar-refractivity contribution is 6.21. The number of benzene rings is 1. The molecule has 1 aromatic heterocycles. The smallest absolute Gasteiger partial charge is 0.0884 e. The van der Waals surface area contributed by atoms with Crippen LogP contribution in [0.5, 0.6) is 0 Å². The number of rotatable bonds is 2. The van der Waals surface area contributed by atoms with Crippen LogP contribution < -0.4 is 0 Å². The lowest BCUT2D eigenvalue weighted by atomic mass is 9.85. The summed E-state index contributed by atoms with van der Waals surface area (Å²) in [6.07, 6.45) is 6.50. The molecule has 1 aliphatic rings. The molecule has 0 saturated heterocycles. The monoisotopic (exact) mass is 262 g/mol. The summed E-state index contributed by atoms with van der Waals surface area (Å²) in [5, 5.41) is 5.93. The maximum atomic E-state index is 6.70. The molecule has 1 aromatic carbocycles. The van der Waals surface area contributed by atoms with Crippen molar-refractivity contribution in [2.45, 2.75) is 37.5 Å². The molecule has 0 bridgehead atoms. The van der Waals surface area contributed by atoms with E-state index in [9.17, 15) is 0 Å². The van der Waals surface area contributed by atoms with Gasteiger partial charge in [0.25, 0.3) is 0 Å². The van der Waals surface area contributed by atoms with Crippen LogP contribution in [0.4, 0.5) is 0 Å². The van der Waals surface area contributed by atoms with E-state index in [0.717, 1.165) is 5.69 Å². The van der Waals surface area contributed by atoms with Gasteiger partial charge in [-0.2, -0.15) is 5.10 Å². The molecule has 0 amide bonds. The van der Waals surface area contributed by atoms with Crippen LogP contribution in [0.1, 0.15) is 43.2 Å². The molecule has 3 heteroatoms. The van der Waals surface area contributed by atoms with Crippen molar-refractivity contribution in [3.05, 3.63) is 30.0 Å². The van der Waals surface area contributed by atoms with Gasteiger partial charge in [-0.3, -0.25) is 4.68 Å². The van der Waals surface area contributed by atoms with Crippen molar-refractivity contribution < 1.29 is 0 Å². The predicted molar refractivity (Wildman–Crippen MR) is 75.9 cm³/mol. The van der Waals surface area contributed by atoms with Crippen LogP contribution in [0.15, 0.2) is 24.3 Å². The Kier molecular flexibility index (Phi) is 3.29. The number of hydrogen-bond acceptors (Lipinski definition) is 1. The van der Waals surface area contributed by atoms with E-state index in [0.29, 0.717) is 5.92 Å². The molecule has 2 aromatic rings. The van der Waals surface area contributed by atoms with Gasteiger partial charge < -0.3 is 0 Å². The van der Waals surface area contributed by atoms with Gasteiger partial charge in [-0.15, -0.1) is 11.6 Å². The maximum absolute atomic E-state index is 6.70. The zero-order chi connectivity index (χ0) is 12.5. The normalized spacial score (nSPS) is 19.2. The highest BCUT2D eigenvalue weighted by atomic mass is 35.5. The molecular formula is C15H19ClN2. The van der Waals surface area contributed by atoms with Crippen LogP contribution in [0.3, 0.4) is 0 Å². The average molecular weight is 263 g/mol. The van der Waals surface area contributed by atoms with Gasteiger partial charge in [0.05, 0.1) is 16.6 Å². The average Bonchev–Trinajstić information content (AvgIpc) is 2.77. The van der Waals surface area contributed by atoms with E-state index < -0.39 is 0 Å². The fraction of sp³-hybridized carbons (Fsp3) is 0.533. The number of halogens is 1. The van der Waals surface area contributed by atoms with Crippen LogP contribution >= 0.6 is 11.6 Å². The minimum absolute atomic E-state index is 0.0661. The molecule has 0 radical (unpaired) electrons. The van der Waals surface area contributed by atoms with Crippen molar-refractivity contribution in [2.75, 3.05) is 0 Å². The third-order valence-electron chi connectivity index (χ3n) is 4.11. The van der Waals surface area contributed by atoms with E-state index in [1.807, 2.05) is 11.7 Å². The van der Waals surface area contributed by atoms with Gasteiger partial charge in [0, 0.05) is 12.4 Å². The Morgan fingerprint density at radius 3 is 2.72 bits per heavy atom. The molecule has 0 aliphatic heterocycles. The van der Waals surface area contributed by atoms with Gasteiger partial charge in [0.1, 0.15) is 0 Å². The molecule has 18 heavy (non-hydrogen) atoms. The highest BCUT2D eigenvalue weighted by Crippen LogP contribution is 2.40. The van der Waals surface area contributed by atoms with Crippen LogP contribution in [-0.2, 0) is 7.05 Å². The first-order valence-electron chi connectivity index (χ1n) is 6.83. The number of aryl methyl sites for hydroxylation is 1. The Labute approximate surface area is 113 Å². The van der Waals surface area contributed by atoms with Crippen molar-refractivity contribution in [1.82, 2.24) is 9.78 Å². The summed E-state index contributed by atoms with van der Waals surface area (Å²) in [4.78, 5) is 0.